The highest BCUT2D eigenvalue weighted by molar-refractivity contribution is 5.72. The zero-order valence-corrected chi connectivity index (χ0v) is 16.1. The van der Waals surface area contributed by atoms with E-state index in [-0.39, 0.29) is 24.0 Å². The second-order valence-electron chi connectivity index (χ2n) is 7.64. The minimum absolute atomic E-state index is 0.00367. The smallest absolute Gasteiger partial charge is 0.390 e. The fourth-order valence-corrected chi connectivity index (χ4v) is 3.86. The van der Waals surface area contributed by atoms with Gasteiger partial charge in [0.25, 0.3) is 5.56 Å². The predicted octanol–water partition coefficient (Wildman–Crippen LogP) is 1.76. The SMILES string of the molecule is Cc1ccc(C2CC(n3nc(Cn4ncc5ncn(C)c5c4=O)oc3=O)C2)cc1. The van der Waals surface area contributed by atoms with Gasteiger partial charge in [-0.1, -0.05) is 29.8 Å². The van der Waals surface area contributed by atoms with Crippen LogP contribution in [0.25, 0.3) is 11.0 Å². The number of nitrogens with zero attached hydrogens (tertiary/aromatic N) is 6. The van der Waals surface area contributed by atoms with Crippen LogP contribution in [0, 0.1) is 6.92 Å². The van der Waals surface area contributed by atoms with E-state index in [9.17, 15) is 9.59 Å². The Morgan fingerprint density at radius 2 is 1.93 bits per heavy atom. The second-order valence-corrected chi connectivity index (χ2v) is 7.64. The molecule has 1 aromatic carbocycles. The Balaban J connectivity index is 1.35. The average molecular weight is 392 g/mol. The third-order valence-corrected chi connectivity index (χ3v) is 5.63. The molecule has 148 valence electrons. The first-order valence-electron chi connectivity index (χ1n) is 9.52. The number of rotatable bonds is 4. The van der Waals surface area contributed by atoms with E-state index in [0.717, 1.165) is 12.8 Å². The van der Waals surface area contributed by atoms with Crippen molar-refractivity contribution in [1.29, 1.82) is 0 Å². The summed E-state index contributed by atoms with van der Waals surface area (Å²) in [5.41, 5.74) is 3.18. The van der Waals surface area contributed by atoms with Gasteiger partial charge in [-0.05, 0) is 31.2 Å². The Bertz CT molecular complexity index is 1300. The highest BCUT2D eigenvalue weighted by Crippen LogP contribution is 2.43. The fraction of sp³-hybridized carbons (Fsp3) is 0.350. The topological polar surface area (TPSA) is 101 Å². The Kier molecular flexibility index (Phi) is 3.97. The molecule has 9 heteroatoms. The van der Waals surface area contributed by atoms with Crippen LogP contribution in [0.15, 0.2) is 50.8 Å². The summed E-state index contributed by atoms with van der Waals surface area (Å²) in [4.78, 5) is 29.0. The zero-order chi connectivity index (χ0) is 20.1. The molecular weight excluding hydrogens is 372 g/mol. The van der Waals surface area contributed by atoms with Crippen LogP contribution in [0.4, 0.5) is 0 Å². The van der Waals surface area contributed by atoms with E-state index >= 15 is 0 Å². The van der Waals surface area contributed by atoms with Gasteiger partial charge in [-0.25, -0.2) is 14.5 Å². The molecule has 1 fully saturated rings. The van der Waals surface area contributed by atoms with Crippen molar-refractivity contribution < 1.29 is 4.42 Å². The lowest BCUT2D eigenvalue weighted by Gasteiger charge is -2.34. The molecular formula is C20H20N6O3. The first kappa shape index (κ1) is 17.6. The van der Waals surface area contributed by atoms with Crippen LogP contribution in [-0.2, 0) is 13.6 Å². The van der Waals surface area contributed by atoms with Crippen LogP contribution in [-0.4, -0.2) is 29.1 Å². The third-order valence-electron chi connectivity index (χ3n) is 5.63. The van der Waals surface area contributed by atoms with Gasteiger partial charge in [0.15, 0.2) is 0 Å². The van der Waals surface area contributed by atoms with Crippen molar-refractivity contribution in [3.8, 4) is 0 Å². The van der Waals surface area contributed by atoms with Gasteiger partial charge in [0, 0.05) is 7.05 Å². The highest BCUT2D eigenvalue weighted by atomic mass is 16.4. The van der Waals surface area contributed by atoms with Crippen molar-refractivity contribution in [2.45, 2.75) is 38.3 Å². The summed E-state index contributed by atoms with van der Waals surface area (Å²) in [7, 11) is 1.75. The normalized spacial score (nSPS) is 18.8. The van der Waals surface area contributed by atoms with Gasteiger partial charge in [-0.2, -0.15) is 9.78 Å². The van der Waals surface area contributed by atoms with Crippen LogP contribution < -0.4 is 11.3 Å². The Labute approximate surface area is 165 Å². The van der Waals surface area contributed by atoms with Crippen molar-refractivity contribution in [1.82, 2.24) is 29.1 Å². The summed E-state index contributed by atoms with van der Waals surface area (Å²) < 4.78 is 9.56. The molecule has 0 saturated heterocycles. The molecule has 1 saturated carbocycles. The van der Waals surface area contributed by atoms with E-state index in [1.807, 2.05) is 0 Å². The largest absolute Gasteiger partial charge is 0.437 e. The van der Waals surface area contributed by atoms with Gasteiger partial charge in [0.05, 0.1) is 18.6 Å². The average Bonchev–Trinajstić information content (AvgIpc) is 3.21. The van der Waals surface area contributed by atoms with E-state index in [0.29, 0.717) is 17.0 Å². The first-order chi connectivity index (χ1) is 14.0. The van der Waals surface area contributed by atoms with Gasteiger partial charge in [-0.3, -0.25) is 4.79 Å². The summed E-state index contributed by atoms with van der Waals surface area (Å²) in [6, 6.07) is 8.50. The number of fused-ring (bicyclic) bond motifs is 1. The van der Waals surface area contributed by atoms with Crippen LogP contribution >= 0.6 is 0 Å². The first-order valence-corrected chi connectivity index (χ1v) is 9.52. The molecule has 0 radical (unpaired) electrons. The molecule has 0 bridgehead atoms. The van der Waals surface area contributed by atoms with Crippen LogP contribution in [0.1, 0.15) is 41.8 Å². The minimum Gasteiger partial charge on any atom is -0.390 e. The molecule has 0 amide bonds. The summed E-state index contributed by atoms with van der Waals surface area (Å²) in [5.74, 6) is 0.0936. The number of hydrogen-bond acceptors (Lipinski definition) is 6. The van der Waals surface area contributed by atoms with Gasteiger partial charge >= 0.3 is 5.76 Å². The molecule has 9 nitrogen and oxygen atoms in total. The fourth-order valence-electron chi connectivity index (χ4n) is 3.86. The summed E-state index contributed by atoms with van der Waals surface area (Å²) in [6.45, 7) is 2.06. The van der Waals surface area contributed by atoms with Crippen LogP contribution in [0.3, 0.4) is 0 Å². The van der Waals surface area contributed by atoms with Gasteiger partial charge in [0.2, 0.25) is 5.89 Å². The maximum atomic E-state index is 12.6. The van der Waals surface area contributed by atoms with Crippen LogP contribution in [0.5, 0.6) is 0 Å². The number of benzene rings is 1. The van der Waals surface area contributed by atoms with Gasteiger partial charge < -0.3 is 8.98 Å². The quantitative estimate of drug-likeness (QED) is 0.525. The van der Waals surface area contributed by atoms with E-state index in [2.05, 4.69) is 46.4 Å². The molecule has 0 spiro atoms. The van der Waals surface area contributed by atoms with E-state index in [4.69, 9.17) is 4.42 Å². The molecule has 0 N–H and O–H groups in total. The molecule has 5 rings (SSSR count). The zero-order valence-electron chi connectivity index (χ0n) is 16.1. The van der Waals surface area contributed by atoms with E-state index < -0.39 is 5.76 Å². The van der Waals surface area contributed by atoms with Crippen LogP contribution in [0.2, 0.25) is 0 Å². The Morgan fingerprint density at radius 3 is 2.69 bits per heavy atom. The number of hydrogen-bond donors (Lipinski definition) is 0. The molecule has 1 aliphatic carbocycles. The maximum absolute atomic E-state index is 12.6. The number of aryl methyl sites for hydroxylation is 2. The van der Waals surface area contributed by atoms with Gasteiger partial charge in [-0.15, -0.1) is 5.10 Å². The van der Waals surface area contributed by atoms with Crippen molar-refractivity contribution >= 4 is 11.0 Å². The standard InChI is InChI=1S/C20H20N6O3/c1-12-3-5-13(6-4-12)14-7-15(8-14)26-20(28)29-17(23-26)10-25-19(27)18-16(9-22-25)21-11-24(18)2/h3-6,9,11,14-15H,7-8,10H2,1-2H3. The maximum Gasteiger partial charge on any atom is 0.437 e. The summed E-state index contributed by atoms with van der Waals surface area (Å²) >= 11 is 0. The lowest BCUT2D eigenvalue weighted by Crippen LogP contribution is -2.32. The predicted molar refractivity (Wildman–Crippen MR) is 105 cm³/mol. The monoisotopic (exact) mass is 392 g/mol. The summed E-state index contributed by atoms with van der Waals surface area (Å²) in [5, 5.41) is 8.42. The Hall–Kier alpha value is -3.49. The molecule has 4 aromatic rings. The molecule has 0 unspecified atom stereocenters. The van der Waals surface area contributed by atoms with Crippen molar-refractivity contribution in [2.75, 3.05) is 0 Å². The van der Waals surface area contributed by atoms with Gasteiger partial charge in [0.1, 0.15) is 17.6 Å². The lowest BCUT2D eigenvalue weighted by atomic mass is 9.76. The highest BCUT2D eigenvalue weighted by Gasteiger charge is 2.34. The van der Waals surface area contributed by atoms with Crippen molar-refractivity contribution in [3.63, 3.8) is 0 Å². The number of aromatic nitrogens is 6. The van der Waals surface area contributed by atoms with Crippen molar-refractivity contribution in [2.24, 2.45) is 7.05 Å². The third kappa shape index (κ3) is 2.98. The molecule has 1 aliphatic rings. The second kappa shape index (κ2) is 6.54. The van der Waals surface area contributed by atoms with E-state index in [1.54, 1.807) is 17.9 Å². The van der Waals surface area contributed by atoms with E-state index in [1.165, 1.54) is 26.7 Å². The molecule has 3 aromatic heterocycles. The van der Waals surface area contributed by atoms with Crippen molar-refractivity contribution in [3.05, 3.63) is 74.7 Å². The Morgan fingerprint density at radius 1 is 1.17 bits per heavy atom. The minimum atomic E-state index is -0.498. The molecule has 0 aliphatic heterocycles. The lowest BCUT2D eigenvalue weighted by molar-refractivity contribution is 0.233. The molecule has 3 heterocycles. The molecule has 29 heavy (non-hydrogen) atoms. The number of imidazole rings is 1. The molecule has 0 atom stereocenters. The summed E-state index contributed by atoms with van der Waals surface area (Å²) in [6.07, 6.45) is 4.76.